The monoisotopic (exact) mass is 199 g/mol. The molecule has 1 N–H and O–H groups in total. The zero-order valence-corrected chi connectivity index (χ0v) is 7.97. The molecule has 0 aromatic carbocycles. The molecule has 14 heavy (non-hydrogen) atoms. The smallest absolute Gasteiger partial charge is 0.328 e. The van der Waals surface area contributed by atoms with E-state index in [4.69, 9.17) is 0 Å². The van der Waals surface area contributed by atoms with Crippen LogP contribution >= 0.6 is 0 Å². The number of hydrogen-bond acceptors (Lipinski definition) is 4. The first-order valence-corrected chi connectivity index (χ1v) is 4.29. The topological polar surface area (TPSA) is 66.8 Å². The van der Waals surface area contributed by atoms with Crippen molar-refractivity contribution in [3.05, 3.63) is 12.7 Å². The lowest BCUT2D eigenvalue weighted by Gasteiger charge is -2.20. The Hall–Kier alpha value is -1.36. The van der Waals surface area contributed by atoms with E-state index in [1.54, 1.807) is 0 Å². The zero-order chi connectivity index (χ0) is 10.7. The average Bonchev–Trinajstić information content (AvgIpc) is 2.58. The second-order valence-electron chi connectivity index (χ2n) is 3.12. The van der Waals surface area contributed by atoms with Gasteiger partial charge < -0.3 is 14.7 Å². The minimum atomic E-state index is -0.680. The van der Waals surface area contributed by atoms with Crippen LogP contribution < -0.4 is 0 Å². The predicted octanol–water partition coefficient (Wildman–Crippen LogP) is -0.693. The van der Waals surface area contributed by atoms with E-state index in [9.17, 15) is 14.7 Å². The van der Waals surface area contributed by atoms with E-state index >= 15 is 0 Å². The summed E-state index contributed by atoms with van der Waals surface area (Å²) >= 11 is 0. The number of esters is 1. The number of aliphatic hydroxyl groups excluding tert-OH is 1. The predicted molar refractivity (Wildman–Crippen MR) is 48.3 cm³/mol. The molecular formula is C9H13NO4. The van der Waals surface area contributed by atoms with E-state index < -0.39 is 18.1 Å². The van der Waals surface area contributed by atoms with E-state index in [-0.39, 0.29) is 18.9 Å². The molecule has 0 aromatic heterocycles. The second-order valence-corrected chi connectivity index (χ2v) is 3.12. The first kappa shape index (κ1) is 10.7. The Balaban J connectivity index is 2.77. The van der Waals surface area contributed by atoms with E-state index in [1.165, 1.54) is 12.0 Å². The molecule has 1 saturated heterocycles. The number of carbonyl (C=O) groups is 2. The van der Waals surface area contributed by atoms with Crippen LogP contribution in [0.15, 0.2) is 12.7 Å². The van der Waals surface area contributed by atoms with Crippen molar-refractivity contribution in [3.63, 3.8) is 0 Å². The van der Waals surface area contributed by atoms with Gasteiger partial charge in [-0.25, -0.2) is 4.79 Å². The van der Waals surface area contributed by atoms with Gasteiger partial charge in [0.15, 0.2) is 0 Å². The van der Waals surface area contributed by atoms with Gasteiger partial charge in [0.1, 0.15) is 6.04 Å². The molecule has 5 nitrogen and oxygen atoms in total. The van der Waals surface area contributed by atoms with Crippen LogP contribution in [0.4, 0.5) is 0 Å². The molecule has 78 valence electrons. The van der Waals surface area contributed by atoms with Gasteiger partial charge in [0, 0.05) is 13.0 Å². The molecule has 2 atom stereocenters. The summed E-state index contributed by atoms with van der Waals surface area (Å²) in [6, 6.07) is -0.680. The zero-order valence-electron chi connectivity index (χ0n) is 7.97. The highest BCUT2D eigenvalue weighted by atomic mass is 16.5. The fourth-order valence-electron chi connectivity index (χ4n) is 1.53. The SMILES string of the molecule is C=CC(=O)N1CC(O)C[C@H]1C(=O)OC. The van der Waals surface area contributed by atoms with Crippen molar-refractivity contribution >= 4 is 11.9 Å². The summed E-state index contributed by atoms with van der Waals surface area (Å²) in [6.07, 6.45) is 0.684. The van der Waals surface area contributed by atoms with Gasteiger partial charge in [0.2, 0.25) is 5.91 Å². The van der Waals surface area contributed by atoms with Crippen LogP contribution in [0.5, 0.6) is 0 Å². The number of ether oxygens (including phenoxy) is 1. The lowest BCUT2D eigenvalue weighted by Crippen LogP contribution is -2.40. The van der Waals surface area contributed by atoms with Gasteiger partial charge in [0.25, 0.3) is 0 Å². The summed E-state index contributed by atoms with van der Waals surface area (Å²) in [7, 11) is 1.25. The normalized spacial score (nSPS) is 26.0. The molecule has 0 aromatic rings. The van der Waals surface area contributed by atoms with Crippen molar-refractivity contribution in [2.75, 3.05) is 13.7 Å². The van der Waals surface area contributed by atoms with Gasteiger partial charge in [-0.2, -0.15) is 0 Å². The lowest BCUT2D eigenvalue weighted by atomic mass is 10.2. The van der Waals surface area contributed by atoms with Crippen molar-refractivity contribution in [1.82, 2.24) is 4.90 Å². The number of nitrogens with zero attached hydrogens (tertiary/aromatic N) is 1. The summed E-state index contributed by atoms with van der Waals surface area (Å²) in [5.74, 6) is -0.867. The quantitative estimate of drug-likeness (QED) is 0.472. The Morgan fingerprint density at radius 2 is 2.29 bits per heavy atom. The maximum atomic E-state index is 11.3. The van der Waals surface area contributed by atoms with E-state index in [1.807, 2.05) is 0 Å². The van der Waals surface area contributed by atoms with E-state index in [0.717, 1.165) is 6.08 Å². The van der Waals surface area contributed by atoms with Crippen molar-refractivity contribution < 1.29 is 19.4 Å². The molecule has 1 heterocycles. The van der Waals surface area contributed by atoms with Crippen molar-refractivity contribution in [3.8, 4) is 0 Å². The Labute approximate surface area is 82.0 Å². The number of methoxy groups -OCH3 is 1. The second kappa shape index (κ2) is 4.23. The highest BCUT2D eigenvalue weighted by molar-refractivity contribution is 5.91. The molecule has 1 unspecified atom stereocenters. The van der Waals surface area contributed by atoms with Gasteiger partial charge in [-0.15, -0.1) is 0 Å². The molecule has 0 radical (unpaired) electrons. The van der Waals surface area contributed by atoms with Gasteiger partial charge in [-0.1, -0.05) is 6.58 Å². The Morgan fingerprint density at radius 1 is 1.64 bits per heavy atom. The van der Waals surface area contributed by atoms with Crippen molar-refractivity contribution in [1.29, 1.82) is 0 Å². The Morgan fingerprint density at radius 3 is 2.79 bits per heavy atom. The number of likely N-dealkylation sites (tertiary alicyclic amines) is 1. The standard InChI is InChI=1S/C9H13NO4/c1-3-8(12)10-5-6(11)4-7(10)9(13)14-2/h3,6-7,11H,1,4-5H2,2H3/t6?,7-/m0/s1. The third-order valence-electron chi connectivity index (χ3n) is 2.21. The molecule has 0 spiro atoms. The molecule has 1 aliphatic heterocycles. The van der Waals surface area contributed by atoms with E-state index in [2.05, 4.69) is 11.3 Å². The third kappa shape index (κ3) is 1.93. The molecule has 1 fully saturated rings. The van der Waals surface area contributed by atoms with Crippen molar-refractivity contribution in [2.24, 2.45) is 0 Å². The summed E-state index contributed by atoms with van der Waals surface area (Å²) in [4.78, 5) is 23.8. The maximum Gasteiger partial charge on any atom is 0.328 e. The Bertz CT molecular complexity index is 264. The first-order valence-electron chi connectivity index (χ1n) is 4.29. The van der Waals surface area contributed by atoms with E-state index in [0.29, 0.717) is 0 Å². The number of amides is 1. The highest BCUT2D eigenvalue weighted by Crippen LogP contribution is 2.19. The fourth-order valence-corrected chi connectivity index (χ4v) is 1.53. The van der Waals surface area contributed by atoms with Crippen LogP contribution in [0.3, 0.4) is 0 Å². The van der Waals surface area contributed by atoms with Crippen LogP contribution in [0.2, 0.25) is 0 Å². The highest BCUT2D eigenvalue weighted by Gasteiger charge is 2.38. The number of β-amino-alcohol motifs (C(OH)–C–C–N with tert-alkyl or cyclic N) is 1. The lowest BCUT2D eigenvalue weighted by molar-refractivity contribution is -0.149. The molecule has 1 aliphatic rings. The average molecular weight is 199 g/mol. The van der Waals surface area contributed by atoms with Crippen LogP contribution in [0, 0.1) is 0 Å². The molecule has 1 rings (SSSR count). The number of hydrogen-bond donors (Lipinski definition) is 1. The molecular weight excluding hydrogens is 186 g/mol. The van der Waals surface area contributed by atoms with Crippen LogP contribution in [0.1, 0.15) is 6.42 Å². The molecule has 5 heteroatoms. The van der Waals surface area contributed by atoms with Crippen LogP contribution in [-0.4, -0.2) is 47.7 Å². The fraction of sp³-hybridized carbons (Fsp3) is 0.556. The number of carbonyl (C=O) groups excluding carboxylic acids is 2. The summed E-state index contributed by atoms with van der Waals surface area (Å²) in [6.45, 7) is 3.48. The maximum absolute atomic E-state index is 11.3. The summed E-state index contributed by atoms with van der Waals surface area (Å²) in [5, 5.41) is 9.32. The first-order chi connectivity index (χ1) is 6.60. The third-order valence-corrected chi connectivity index (χ3v) is 2.21. The number of rotatable bonds is 2. The summed E-state index contributed by atoms with van der Waals surface area (Å²) in [5.41, 5.74) is 0. The molecule has 1 amide bonds. The van der Waals surface area contributed by atoms with Crippen LogP contribution in [-0.2, 0) is 14.3 Å². The molecule has 0 bridgehead atoms. The van der Waals surface area contributed by atoms with Crippen molar-refractivity contribution in [2.45, 2.75) is 18.6 Å². The van der Waals surface area contributed by atoms with Crippen LogP contribution in [0.25, 0.3) is 0 Å². The van der Waals surface area contributed by atoms with Gasteiger partial charge >= 0.3 is 5.97 Å². The van der Waals surface area contributed by atoms with Gasteiger partial charge in [-0.05, 0) is 6.08 Å². The largest absolute Gasteiger partial charge is 0.467 e. The summed E-state index contributed by atoms with van der Waals surface area (Å²) < 4.78 is 4.53. The minimum Gasteiger partial charge on any atom is -0.467 e. The number of aliphatic hydroxyl groups is 1. The van der Waals surface area contributed by atoms with Gasteiger partial charge in [0.05, 0.1) is 13.2 Å². The molecule has 0 saturated carbocycles. The molecule has 0 aliphatic carbocycles. The Kier molecular flexibility index (Phi) is 3.24. The van der Waals surface area contributed by atoms with Gasteiger partial charge in [-0.3, -0.25) is 4.79 Å². The minimum absolute atomic E-state index is 0.157.